The van der Waals surface area contributed by atoms with E-state index in [4.69, 9.17) is 4.74 Å². The Labute approximate surface area is 165 Å². The van der Waals surface area contributed by atoms with Gasteiger partial charge in [-0.25, -0.2) is 22.2 Å². The number of anilines is 1. The van der Waals surface area contributed by atoms with Gasteiger partial charge in [0, 0.05) is 36.5 Å². The first kappa shape index (κ1) is 20.5. The van der Waals surface area contributed by atoms with E-state index in [1.807, 2.05) is 0 Å². The van der Waals surface area contributed by atoms with Crippen LogP contribution in [0, 0.1) is 18.6 Å². The van der Waals surface area contributed by atoms with Gasteiger partial charge in [-0.05, 0) is 31.2 Å². The second kappa shape index (κ2) is 7.63. The van der Waals surface area contributed by atoms with Crippen LogP contribution in [0.25, 0.3) is 11.3 Å². The van der Waals surface area contributed by atoms with Crippen LogP contribution < -0.4 is 15.0 Å². The molecule has 0 bridgehead atoms. The highest BCUT2D eigenvalue weighted by Gasteiger charge is 2.13. The number of sulfonamides is 1. The summed E-state index contributed by atoms with van der Waals surface area (Å²) in [7, 11) is -2.04. The van der Waals surface area contributed by atoms with E-state index in [1.54, 1.807) is 20.0 Å². The summed E-state index contributed by atoms with van der Waals surface area (Å²) in [6.07, 6.45) is 2.51. The molecule has 0 saturated carbocycles. The van der Waals surface area contributed by atoms with Crippen molar-refractivity contribution in [2.75, 3.05) is 11.0 Å². The Hall–Kier alpha value is -3.27. The van der Waals surface area contributed by atoms with Crippen molar-refractivity contribution < 1.29 is 21.9 Å². The molecular formula is C19H17F2N3O4S. The van der Waals surface area contributed by atoms with Gasteiger partial charge in [-0.3, -0.25) is 9.52 Å². The third-order valence-corrected chi connectivity index (χ3v) is 4.48. The lowest BCUT2D eigenvalue weighted by Crippen LogP contribution is -2.18. The molecule has 152 valence electrons. The monoisotopic (exact) mass is 421 g/mol. The maximum Gasteiger partial charge on any atom is 0.253 e. The number of hydrogen-bond donors (Lipinski definition) is 1. The smallest absolute Gasteiger partial charge is 0.253 e. The molecule has 0 aliphatic carbocycles. The Morgan fingerprint density at radius 3 is 2.48 bits per heavy atom. The highest BCUT2D eigenvalue weighted by atomic mass is 32.2. The Balaban J connectivity index is 2.12. The average Bonchev–Trinajstić information content (AvgIpc) is 2.60. The van der Waals surface area contributed by atoms with E-state index in [-0.39, 0.29) is 28.6 Å². The lowest BCUT2D eigenvalue weighted by Gasteiger charge is -2.12. The third-order valence-electron chi connectivity index (χ3n) is 3.87. The normalized spacial score (nSPS) is 11.3. The average molecular weight is 421 g/mol. The number of rotatable bonds is 5. The van der Waals surface area contributed by atoms with Gasteiger partial charge in [-0.2, -0.15) is 0 Å². The molecule has 2 aromatic heterocycles. The highest BCUT2D eigenvalue weighted by molar-refractivity contribution is 7.92. The molecular weight excluding hydrogens is 404 g/mol. The molecule has 0 aliphatic heterocycles. The molecule has 0 spiro atoms. The Morgan fingerprint density at radius 2 is 1.86 bits per heavy atom. The Kier molecular flexibility index (Phi) is 5.38. The summed E-state index contributed by atoms with van der Waals surface area (Å²) in [6, 6.07) is 7.09. The van der Waals surface area contributed by atoms with E-state index in [0.29, 0.717) is 17.2 Å². The van der Waals surface area contributed by atoms with E-state index in [9.17, 15) is 22.0 Å². The molecule has 3 rings (SSSR count). The molecule has 0 saturated heterocycles. The SMILES string of the molecule is Cc1cc(-c2cc(NS(C)(=O)=O)cc(Oc3ccc(F)cc3F)n2)cn(C)c1=O. The van der Waals surface area contributed by atoms with Crippen LogP contribution in [0.15, 0.2) is 47.4 Å². The number of benzene rings is 1. The van der Waals surface area contributed by atoms with Crippen molar-refractivity contribution in [3.05, 3.63) is 70.1 Å². The number of nitrogens with zero attached hydrogens (tertiary/aromatic N) is 2. The number of ether oxygens (including phenoxy) is 1. The second-order valence-corrected chi connectivity index (χ2v) is 8.21. The van der Waals surface area contributed by atoms with Crippen molar-refractivity contribution >= 4 is 15.7 Å². The molecule has 0 amide bonds. The van der Waals surface area contributed by atoms with Crippen LogP contribution in [0.1, 0.15) is 5.56 Å². The number of pyridine rings is 2. The fourth-order valence-electron chi connectivity index (χ4n) is 2.67. The number of halogens is 2. The maximum absolute atomic E-state index is 13.9. The van der Waals surface area contributed by atoms with Gasteiger partial charge >= 0.3 is 0 Å². The van der Waals surface area contributed by atoms with Crippen molar-refractivity contribution in [2.24, 2.45) is 7.05 Å². The molecule has 10 heteroatoms. The first-order chi connectivity index (χ1) is 13.5. The van der Waals surface area contributed by atoms with E-state index in [2.05, 4.69) is 9.71 Å². The zero-order valence-electron chi connectivity index (χ0n) is 15.7. The van der Waals surface area contributed by atoms with Gasteiger partial charge in [0.2, 0.25) is 15.9 Å². The second-order valence-electron chi connectivity index (χ2n) is 6.46. The van der Waals surface area contributed by atoms with Crippen molar-refractivity contribution in [3.63, 3.8) is 0 Å². The first-order valence-corrected chi connectivity index (χ1v) is 10.2. The lowest BCUT2D eigenvalue weighted by atomic mass is 10.1. The summed E-state index contributed by atoms with van der Waals surface area (Å²) < 4.78 is 59.4. The number of hydrogen-bond acceptors (Lipinski definition) is 5. The fourth-order valence-corrected chi connectivity index (χ4v) is 3.21. The van der Waals surface area contributed by atoms with Crippen LogP contribution in [0.4, 0.5) is 14.5 Å². The molecule has 0 radical (unpaired) electrons. The number of aryl methyl sites for hydroxylation is 2. The van der Waals surface area contributed by atoms with Crippen LogP contribution in [0.5, 0.6) is 11.6 Å². The fraction of sp³-hybridized carbons (Fsp3) is 0.158. The summed E-state index contributed by atoms with van der Waals surface area (Å²) >= 11 is 0. The van der Waals surface area contributed by atoms with E-state index < -0.39 is 21.7 Å². The maximum atomic E-state index is 13.9. The Morgan fingerprint density at radius 1 is 1.14 bits per heavy atom. The van der Waals surface area contributed by atoms with Crippen LogP contribution in [-0.2, 0) is 17.1 Å². The summed E-state index contributed by atoms with van der Waals surface area (Å²) in [5, 5.41) is 0. The molecule has 3 aromatic rings. The van der Waals surface area contributed by atoms with E-state index in [0.717, 1.165) is 18.4 Å². The number of aromatic nitrogens is 2. The predicted octanol–water partition coefficient (Wildman–Crippen LogP) is 3.20. The third kappa shape index (κ3) is 4.96. The molecule has 2 heterocycles. The zero-order chi connectivity index (χ0) is 21.3. The van der Waals surface area contributed by atoms with Crippen molar-refractivity contribution in [3.8, 4) is 22.9 Å². The van der Waals surface area contributed by atoms with E-state index >= 15 is 0 Å². The van der Waals surface area contributed by atoms with Crippen molar-refractivity contribution in [1.29, 1.82) is 0 Å². The molecule has 0 unspecified atom stereocenters. The standard InChI is InChI=1S/C19H17F2N3O4S/c1-11-6-12(10-24(2)19(11)25)16-8-14(23-29(3,26)27)9-18(22-16)28-17-5-4-13(20)7-15(17)21/h4-10H,1-3H3,(H,22,23). The lowest BCUT2D eigenvalue weighted by molar-refractivity contribution is 0.424. The summed E-state index contributed by atoms with van der Waals surface area (Å²) in [6.45, 7) is 1.63. The molecule has 0 aliphatic rings. The quantitative estimate of drug-likeness (QED) is 0.683. The predicted molar refractivity (Wildman–Crippen MR) is 105 cm³/mol. The van der Waals surface area contributed by atoms with Crippen LogP contribution in [0.3, 0.4) is 0 Å². The highest BCUT2D eigenvalue weighted by Crippen LogP contribution is 2.29. The van der Waals surface area contributed by atoms with Crippen LogP contribution in [-0.4, -0.2) is 24.2 Å². The van der Waals surface area contributed by atoms with Gasteiger partial charge in [-0.1, -0.05) is 0 Å². The van der Waals surface area contributed by atoms with Crippen LogP contribution in [0.2, 0.25) is 0 Å². The summed E-state index contributed by atoms with van der Waals surface area (Å²) in [4.78, 5) is 16.2. The van der Waals surface area contributed by atoms with Gasteiger partial charge in [0.15, 0.2) is 11.6 Å². The van der Waals surface area contributed by atoms with Gasteiger partial charge < -0.3 is 9.30 Å². The largest absolute Gasteiger partial charge is 0.436 e. The summed E-state index contributed by atoms with van der Waals surface area (Å²) in [5.41, 5.74) is 1.20. The topological polar surface area (TPSA) is 90.3 Å². The Bertz CT molecular complexity index is 1230. The first-order valence-electron chi connectivity index (χ1n) is 8.32. The molecule has 7 nitrogen and oxygen atoms in total. The van der Waals surface area contributed by atoms with Gasteiger partial charge in [0.05, 0.1) is 17.6 Å². The molecule has 0 atom stereocenters. The van der Waals surface area contributed by atoms with E-state index in [1.165, 1.54) is 22.9 Å². The molecule has 0 fully saturated rings. The zero-order valence-corrected chi connectivity index (χ0v) is 16.5. The van der Waals surface area contributed by atoms with Gasteiger partial charge in [-0.15, -0.1) is 0 Å². The molecule has 29 heavy (non-hydrogen) atoms. The van der Waals surface area contributed by atoms with Crippen molar-refractivity contribution in [2.45, 2.75) is 6.92 Å². The van der Waals surface area contributed by atoms with Crippen LogP contribution >= 0.6 is 0 Å². The summed E-state index contributed by atoms with van der Waals surface area (Å²) in [5.74, 6) is -2.10. The minimum absolute atomic E-state index is 0.120. The van der Waals surface area contributed by atoms with Crippen molar-refractivity contribution in [1.82, 2.24) is 9.55 Å². The van der Waals surface area contributed by atoms with Gasteiger partial charge in [0.1, 0.15) is 5.82 Å². The minimum Gasteiger partial charge on any atom is -0.436 e. The van der Waals surface area contributed by atoms with Gasteiger partial charge in [0.25, 0.3) is 5.56 Å². The minimum atomic E-state index is -3.61. The molecule has 1 N–H and O–H groups in total. The molecule has 1 aromatic carbocycles. The number of nitrogens with one attached hydrogen (secondary N) is 1.